The average Bonchev–Trinajstić information content (AvgIpc) is 2.54. The van der Waals surface area contributed by atoms with Crippen molar-refractivity contribution in [1.82, 2.24) is 0 Å². The van der Waals surface area contributed by atoms with Crippen molar-refractivity contribution < 1.29 is 15.3 Å². The summed E-state index contributed by atoms with van der Waals surface area (Å²) < 4.78 is 0. The van der Waals surface area contributed by atoms with Crippen LogP contribution in [0.3, 0.4) is 0 Å². The van der Waals surface area contributed by atoms with Crippen LogP contribution in [0.5, 0.6) is 17.2 Å². The highest BCUT2D eigenvalue weighted by Gasteiger charge is 2.19. The molecule has 21 heavy (non-hydrogen) atoms. The van der Waals surface area contributed by atoms with Crippen molar-refractivity contribution in [2.24, 2.45) is 0 Å². The Morgan fingerprint density at radius 3 is 1.67 bits per heavy atom. The molecule has 0 aliphatic rings. The van der Waals surface area contributed by atoms with Gasteiger partial charge in [0.1, 0.15) is 0 Å². The zero-order valence-electron chi connectivity index (χ0n) is 11.2. The molecule has 0 amide bonds. The minimum atomic E-state index is -0.506. The fourth-order valence-electron chi connectivity index (χ4n) is 2.39. The Morgan fingerprint density at radius 2 is 1.10 bits per heavy atom. The molecular weight excluding hydrogens is 264 g/mol. The van der Waals surface area contributed by atoms with E-state index >= 15 is 0 Å². The van der Waals surface area contributed by atoms with E-state index in [1.165, 1.54) is 6.07 Å². The van der Waals surface area contributed by atoms with E-state index < -0.39 is 5.75 Å². The summed E-state index contributed by atoms with van der Waals surface area (Å²) in [4.78, 5) is 0. The van der Waals surface area contributed by atoms with E-state index in [0.29, 0.717) is 11.1 Å². The van der Waals surface area contributed by atoms with Crippen molar-refractivity contribution in [2.45, 2.75) is 0 Å². The van der Waals surface area contributed by atoms with Gasteiger partial charge in [-0.3, -0.25) is 0 Å². The van der Waals surface area contributed by atoms with Crippen LogP contribution in [0, 0.1) is 0 Å². The van der Waals surface area contributed by atoms with E-state index in [0.717, 1.165) is 11.1 Å². The predicted octanol–water partition coefficient (Wildman–Crippen LogP) is 4.14. The molecule has 104 valence electrons. The maximum absolute atomic E-state index is 10.3. The summed E-state index contributed by atoms with van der Waals surface area (Å²) in [6, 6.07) is 20.2. The van der Waals surface area contributed by atoms with Crippen molar-refractivity contribution in [3.8, 4) is 39.5 Å². The van der Waals surface area contributed by atoms with Crippen LogP contribution in [0.2, 0.25) is 0 Å². The van der Waals surface area contributed by atoms with Gasteiger partial charge in [0.15, 0.2) is 11.5 Å². The van der Waals surface area contributed by atoms with E-state index in [1.807, 2.05) is 60.7 Å². The normalized spacial score (nSPS) is 10.5. The summed E-state index contributed by atoms with van der Waals surface area (Å²) in [5.74, 6) is -1.17. The van der Waals surface area contributed by atoms with Crippen LogP contribution in [-0.4, -0.2) is 15.3 Å². The number of hydrogen-bond acceptors (Lipinski definition) is 3. The fraction of sp³-hybridized carbons (Fsp3) is 0. The molecule has 0 aliphatic carbocycles. The largest absolute Gasteiger partial charge is 0.504 e. The monoisotopic (exact) mass is 278 g/mol. The summed E-state index contributed by atoms with van der Waals surface area (Å²) in [7, 11) is 0. The van der Waals surface area contributed by atoms with Crippen LogP contribution in [0.15, 0.2) is 66.7 Å². The minimum Gasteiger partial charge on any atom is -0.504 e. The molecule has 0 saturated carbocycles. The van der Waals surface area contributed by atoms with E-state index in [2.05, 4.69) is 0 Å². The fourth-order valence-corrected chi connectivity index (χ4v) is 2.39. The molecule has 3 aromatic rings. The smallest absolute Gasteiger partial charge is 0.200 e. The van der Waals surface area contributed by atoms with Crippen molar-refractivity contribution >= 4 is 0 Å². The second-order valence-electron chi connectivity index (χ2n) is 4.75. The second-order valence-corrected chi connectivity index (χ2v) is 4.75. The molecule has 0 atom stereocenters. The van der Waals surface area contributed by atoms with E-state index in [1.54, 1.807) is 0 Å². The molecule has 0 heterocycles. The Morgan fingerprint density at radius 1 is 0.571 bits per heavy atom. The van der Waals surface area contributed by atoms with Gasteiger partial charge < -0.3 is 15.3 Å². The molecule has 0 unspecified atom stereocenters. The Bertz CT molecular complexity index is 765. The van der Waals surface area contributed by atoms with Gasteiger partial charge >= 0.3 is 0 Å². The molecule has 0 saturated heterocycles. The highest BCUT2D eigenvalue weighted by atomic mass is 16.3. The van der Waals surface area contributed by atoms with Gasteiger partial charge in [0.25, 0.3) is 0 Å². The lowest BCUT2D eigenvalue weighted by atomic mass is 9.93. The first-order valence-corrected chi connectivity index (χ1v) is 6.57. The number of aromatic hydroxyl groups is 3. The molecule has 3 aromatic carbocycles. The van der Waals surface area contributed by atoms with Crippen LogP contribution in [-0.2, 0) is 0 Å². The highest BCUT2D eigenvalue weighted by Crippen LogP contribution is 2.48. The number of phenols is 3. The summed E-state index contributed by atoms with van der Waals surface area (Å²) in [6.45, 7) is 0. The van der Waals surface area contributed by atoms with Gasteiger partial charge in [0, 0.05) is 5.56 Å². The predicted molar refractivity (Wildman–Crippen MR) is 82.3 cm³/mol. The Kier molecular flexibility index (Phi) is 3.24. The van der Waals surface area contributed by atoms with Gasteiger partial charge in [0.05, 0.1) is 0 Å². The lowest BCUT2D eigenvalue weighted by Crippen LogP contribution is -1.87. The van der Waals surface area contributed by atoms with Gasteiger partial charge in [0.2, 0.25) is 5.75 Å². The zero-order chi connectivity index (χ0) is 14.8. The number of hydrogen-bond donors (Lipinski definition) is 3. The lowest BCUT2D eigenvalue weighted by molar-refractivity contribution is 0.369. The molecule has 0 aromatic heterocycles. The number of rotatable bonds is 2. The standard InChI is InChI=1S/C18H14O3/c19-15-11-14(12-7-3-1-4-8-12)16(18(21)17(15)20)13-9-5-2-6-10-13/h1-11,19-21H. The third-order valence-electron chi connectivity index (χ3n) is 3.40. The number of phenolic OH excluding ortho intramolecular Hbond substituents is 3. The molecule has 0 bridgehead atoms. The maximum atomic E-state index is 10.3. The maximum Gasteiger partial charge on any atom is 0.200 e. The molecule has 3 rings (SSSR count). The molecule has 0 spiro atoms. The minimum absolute atomic E-state index is 0.319. The van der Waals surface area contributed by atoms with Crippen LogP contribution < -0.4 is 0 Å². The molecule has 3 N–H and O–H groups in total. The third-order valence-corrected chi connectivity index (χ3v) is 3.40. The van der Waals surface area contributed by atoms with Crippen LogP contribution in [0.25, 0.3) is 22.3 Å². The van der Waals surface area contributed by atoms with Crippen molar-refractivity contribution in [2.75, 3.05) is 0 Å². The Hall–Kier alpha value is -2.94. The Balaban J connectivity index is 2.34. The summed E-state index contributed by atoms with van der Waals surface area (Å²) in [6.07, 6.45) is 0. The summed E-state index contributed by atoms with van der Waals surface area (Å²) in [5, 5.41) is 29.9. The SMILES string of the molecule is Oc1cc(-c2ccccc2)c(-c2ccccc2)c(O)c1O. The summed E-state index contributed by atoms with van der Waals surface area (Å²) >= 11 is 0. The van der Waals surface area contributed by atoms with E-state index in [9.17, 15) is 15.3 Å². The summed E-state index contributed by atoms with van der Waals surface area (Å²) in [5.41, 5.74) is 2.78. The lowest BCUT2D eigenvalue weighted by Gasteiger charge is -2.14. The molecule has 0 fully saturated rings. The molecule has 0 radical (unpaired) electrons. The van der Waals surface area contributed by atoms with Crippen LogP contribution in [0.1, 0.15) is 0 Å². The molecule has 0 aliphatic heterocycles. The average molecular weight is 278 g/mol. The zero-order valence-corrected chi connectivity index (χ0v) is 11.2. The third kappa shape index (κ3) is 2.30. The van der Waals surface area contributed by atoms with Gasteiger partial charge in [-0.05, 0) is 22.8 Å². The Labute approximate surface area is 122 Å². The highest BCUT2D eigenvalue weighted by molar-refractivity contribution is 5.90. The van der Waals surface area contributed by atoms with Crippen molar-refractivity contribution in [3.63, 3.8) is 0 Å². The van der Waals surface area contributed by atoms with E-state index in [-0.39, 0.29) is 11.5 Å². The van der Waals surface area contributed by atoms with Crippen LogP contribution in [0.4, 0.5) is 0 Å². The number of benzene rings is 3. The first-order chi connectivity index (χ1) is 10.2. The van der Waals surface area contributed by atoms with Crippen molar-refractivity contribution in [3.05, 3.63) is 66.7 Å². The van der Waals surface area contributed by atoms with Gasteiger partial charge in [-0.25, -0.2) is 0 Å². The molecule has 3 nitrogen and oxygen atoms in total. The quantitative estimate of drug-likeness (QED) is 0.617. The van der Waals surface area contributed by atoms with Gasteiger partial charge in [-0.2, -0.15) is 0 Å². The topological polar surface area (TPSA) is 60.7 Å². The van der Waals surface area contributed by atoms with Gasteiger partial charge in [-0.1, -0.05) is 60.7 Å². The van der Waals surface area contributed by atoms with E-state index in [4.69, 9.17) is 0 Å². The molecule has 3 heteroatoms. The van der Waals surface area contributed by atoms with Crippen LogP contribution >= 0.6 is 0 Å². The second kappa shape index (κ2) is 5.21. The van der Waals surface area contributed by atoms with Crippen molar-refractivity contribution in [1.29, 1.82) is 0 Å². The first kappa shape index (κ1) is 13.1. The molecular formula is C18H14O3. The van der Waals surface area contributed by atoms with Gasteiger partial charge in [-0.15, -0.1) is 0 Å². The first-order valence-electron chi connectivity index (χ1n) is 6.57.